The molecule has 0 radical (unpaired) electrons. The highest BCUT2D eigenvalue weighted by Gasteiger charge is 2.42. The van der Waals surface area contributed by atoms with Crippen LogP contribution < -0.4 is 10.6 Å². The molecule has 2 unspecified atom stereocenters. The van der Waals surface area contributed by atoms with E-state index < -0.39 is 5.97 Å². The molecule has 0 heterocycles. The van der Waals surface area contributed by atoms with Crippen LogP contribution in [0.4, 0.5) is 4.79 Å². The molecule has 2 atom stereocenters. The lowest BCUT2D eigenvalue weighted by Gasteiger charge is -2.20. The fourth-order valence-electron chi connectivity index (χ4n) is 3.25. The first-order valence-electron chi connectivity index (χ1n) is 7.43. The topological polar surface area (TPSA) is 78.4 Å². The third-order valence-corrected chi connectivity index (χ3v) is 4.67. The number of urea groups is 1. The Kier molecular flexibility index (Phi) is 3.37. The zero-order valence-electron chi connectivity index (χ0n) is 11.1. The van der Waals surface area contributed by atoms with Gasteiger partial charge in [-0.15, -0.1) is 0 Å². The monoisotopic (exact) mass is 266 g/mol. The predicted molar refractivity (Wildman–Crippen MR) is 69.7 cm³/mol. The second-order valence-electron chi connectivity index (χ2n) is 6.36. The van der Waals surface area contributed by atoms with Crippen molar-refractivity contribution in [1.82, 2.24) is 10.6 Å². The van der Waals surface area contributed by atoms with E-state index in [-0.39, 0.29) is 18.0 Å². The second kappa shape index (κ2) is 5.02. The molecule has 5 nitrogen and oxygen atoms in total. The number of amides is 2. The van der Waals surface area contributed by atoms with Crippen molar-refractivity contribution in [3.63, 3.8) is 0 Å². The summed E-state index contributed by atoms with van der Waals surface area (Å²) in [5.74, 6) is 0.355. The Bertz CT molecular complexity index is 365. The fourth-order valence-corrected chi connectivity index (χ4v) is 3.25. The average molecular weight is 266 g/mol. The number of carbonyl (C=O) groups is 2. The lowest BCUT2D eigenvalue weighted by atomic mass is 10.1. The zero-order valence-corrected chi connectivity index (χ0v) is 11.1. The van der Waals surface area contributed by atoms with E-state index in [9.17, 15) is 9.59 Å². The summed E-state index contributed by atoms with van der Waals surface area (Å²) in [6.07, 6.45) is 6.99. The molecule has 0 spiro atoms. The summed E-state index contributed by atoms with van der Waals surface area (Å²) in [5, 5.41) is 15.0. The summed E-state index contributed by atoms with van der Waals surface area (Å²) < 4.78 is 0. The van der Waals surface area contributed by atoms with Gasteiger partial charge in [0.1, 0.15) is 0 Å². The van der Waals surface area contributed by atoms with Crippen LogP contribution in [0.2, 0.25) is 0 Å². The predicted octanol–water partition coefficient (Wildman–Crippen LogP) is 1.73. The number of rotatable bonds is 5. The first-order valence-corrected chi connectivity index (χ1v) is 7.43. The van der Waals surface area contributed by atoms with Gasteiger partial charge < -0.3 is 15.7 Å². The number of hydrogen-bond donors (Lipinski definition) is 3. The molecule has 5 heteroatoms. The Morgan fingerprint density at radius 2 is 1.63 bits per heavy atom. The largest absolute Gasteiger partial charge is 0.481 e. The van der Waals surface area contributed by atoms with Crippen molar-refractivity contribution < 1.29 is 14.7 Å². The lowest BCUT2D eigenvalue weighted by molar-refractivity contribution is -0.141. The van der Waals surface area contributed by atoms with E-state index in [1.807, 2.05) is 0 Å². The third-order valence-electron chi connectivity index (χ3n) is 4.67. The van der Waals surface area contributed by atoms with E-state index in [2.05, 4.69) is 10.6 Å². The molecule has 0 aromatic heterocycles. The molecular formula is C14H22N2O3. The van der Waals surface area contributed by atoms with Crippen LogP contribution in [0, 0.1) is 17.8 Å². The summed E-state index contributed by atoms with van der Waals surface area (Å²) in [5.41, 5.74) is 0. The van der Waals surface area contributed by atoms with E-state index >= 15 is 0 Å². The van der Waals surface area contributed by atoms with E-state index in [0.717, 1.165) is 6.42 Å². The maximum absolute atomic E-state index is 12.0. The van der Waals surface area contributed by atoms with Crippen molar-refractivity contribution in [3.8, 4) is 0 Å². The Labute approximate surface area is 113 Å². The van der Waals surface area contributed by atoms with Gasteiger partial charge >= 0.3 is 12.0 Å². The molecular weight excluding hydrogens is 244 g/mol. The molecule has 19 heavy (non-hydrogen) atoms. The van der Waals surface area contributed by atoms with Gasteiger partial charge in [0, 0.05) is 12.1 Å². The van der Waals surface area contributed by atoms with Crippen LogP contribution in [0.1, 0.15) is 44.9 Å². The molecule has 3 saturated carbocycles. The average Bonchev–Trinajstić information content (AvgIpc) is 3.26. The highest BCUT2D eigenvalue weighted by atomic mass is 16.4. The first-order chi connectivity index (χ1) is 9.13. The van der Waals surface area contributed by atoms with Crippen molar-refractivity contribution in [1.29, 1.82) is 0 Å². The highest BCUT2D eigenvalue weighted by molar-refractivity contribution is 5.75. The van der Waals surface area contributed by atoms with Gasteiger partial charge in [-0.3, -0.25) is 4.79 Å². The highest BCUT2D eigenvalue weighted by Crippen LogP contribution is 2.44. The van der Waals surface area contributed by atoms with Gasteiger partial charge in [0.25, 0.3) is 0 Å². The number of carboxylic acid groups (broad SMARTS) is 1. The van der Waals surface area contributed by atoms with Crippen molar-refractivity contribution in [2.45, 2.75) is 57.0 Å². The van der Waals surface area contributed by atoms with Crippen LogP contribution in [0.3, 0.4) is 0 Å². The van der Waals surface area contributed by atoms with Crippen LogP contribution in [-0.2, 0) is 4.79 Å². The minimum atomic E-state index is -0.737. The van der Waals surface area contributed by atoms with Gasteiger partial charge in [0.2, 0.25) is 0 Å². The van der Waals surface area contributed by atoms with Crippen LogP contribution >= 0.6 is 0 Å². The van der Waals surface area contributed by atoms with Gasteiger partial charge in [-0.1, -0.05) is 0 Å². The first kappa shape index (κ1) is 12.8. The maximum atomic E-state index is 12.0. The molecule has 0 aromatic carbocycles. The minimum Gasteiger partial charge on any atom is -0.481 e. The number of carboxylic acids is 1. The van der Waals surface area contributed by atoms with E-state index in [0.29, 0.717) is 30.7 Å². The number of hydrogen-bond acceptors (Lipinski definition) is 2. The summed E-state index contributed by atoms with van der Waals surface area (Å²) >= 11 is 0. The molecule has 106 valence electrons. The summed E-state index contributed by atoms with van der Waals surface area (Å²) in [6, 6.07) is 0.289. The van der Waals surface area contributed by atoms with Crippen molar-refractivity contribution in [2.24, 2.45) is 17.8 Å². The molecule has 3 fully saturated rings. The van der Waals surface area contributed by atoms with E-state index in [1.54, 1.807) is 0 Å². The molecule has 0 aromatic rings. The molecule has 0 bridgehead atoms. The maximum Gasteiger partial charge on any atom is 0.315 e. The van der Waals surface area contributed by atoms with Crippen LogP contribution in [0.15, 0.2) is 0 Å². The van der Waals surface area contributed by atoms with Crippen LogP contribution in [0.25, 0.3) is 0 Å². The van der Waals surface area contributed by atoms with E-state index in [1.165, 1.54) is 25.7 Å². The van der Waals surface area contributed by atoms with Crippen molar-refractivity contribution >= 4 is 12.0 Å². The number of aliphatic carboxylic acids is 1. The van der Waals surface area contributed by atoms with Gasteiger partial charge in [0.05, 0.1) is 5.92 Å². The summed E-state index contributed by atoms with van der Waals surface area (Å²) in [4.78, 5) is 22.9. The molecule has 2 amide bonds. The molecule has 3 N–H and O–H groups in total. The van der Waals surface area contributed by atoms with Crippen LogP contribution in [-0.4, -0.2) is 29.2 Å². The Hall–Kier alpha value is -1.26. The number of carbonyl (C=O) groups excluding carboxylic acids is 1. The molecule has 3 aliphatic rings. The minimum absolute atomic E-state index is 0.0279. The van der Waals surface area contributed by atoms with Crippen LogP contribution in [0.5, 0.6) is 0 Å². The second-order valence-corrected chi connectivity index (χ2v) is 6.36. The van der Waals surface area contributed by atoms with Gasteiger partial charge in [-0.05, 0) is 56.8 Å². The van der Waals surface area contributed by atoms with Gasteiger partial charge in [0.15, 0.2) is 0 Å². The lowest BCUT2D eigenvalue weighted by Crippen LogP contribution is -2.47. The molecule has 0 aliphatic heterocycles. The summed E-state index contributed by atoms with van der Waals surface area (Å²) in [7, 11) is 0. The molecule has 0 saturated heterocycles. The molecule has 3 aliphatic carbocycles. The van der Waals surface area contributed by atoms with Crippen molar-refractivity contribution in [2.75, 3.05) is 0 Å². The number of nitrogens with one attached hydrogen (secondary N) is 2. The Morgan fingerprint density at radius 1 is 1.00 bits per heavy atom. The normalized spacial score (nSPS) is 30.4. The quantitative estimate of drug-likeness (QED) is 0.709. The standard InChI is InChI=1S/C14H22N2O3/c17-13(18)10-5-6-11(7-10)15-14(19)16-12(8-1-2-8)9-3-4-9/h8-12H,1-7H2,(H,17,18)(H2,15,16,19). The fraction of sp³-hybridized carbons (Fsp3) is 0.857. The van der Waals surface area contributed by atoms with Gasteiger partial charge in [-0.2, -0.15) is 0 Å². The van der Waals surface area contributed by atoms with Gasteiger partial charge in [-0.25, -0.2) is 4.79 Å². The van der Waals surface area contributed by atoms with Crippen molar-refractivity contribution in [3.05, 3.63) is 0 Å². The van der Waals surface area contributed by atoms with E-state index in [4.69, 9.17) is 5.11 Å². The smallest absolute Gasteiger partial charge is 0.315 e. The zero-order chi connectivity index (χ0) is 13.4. The third kappa shape index (κ3) is 3.19. The molecule has 3 rings (SSSR count). The Morgan fingerprint density at radius 3 is 2.11 bits per heavy atom. The SMILES string of the molecule is O=C(NC1CCC(C(=O)O)C1)NC(C1CC1)C1CC1. The summed E-state index contributed by atoms with van der Waals surface area (Å²) in [6.45, 7) is 0. The Balaban J connectivity index is 1.44.